The lowest BCUT2D eigenvalue weighted by atomic mass is 9.98. The maximum Gasteiger partial charge on any atom is 0.308 e. The molecule has 1 atom stereocenters. The van der Waals surface area contributed by atoms with E-state index < -0.39 is 5.97 Å². The third kappa shape index (κ3) is 5.23. The molecule has 0 spiro atoms. The average molecular weight is 462 g/mol. The number of rotatable bonds is 8. The summed E-state index contributed by atoms with van der Waals surface area (Å²) in [5.74, 6) is 2.69. The van der Waals surface area contributed by atoms with E-state index in [-0.39, 0.29) is 12.7 Å². The summed E-state index contributed by atoms with van der Waals surface area (Å²) in [6.07, 6.45) is 3.47. The Morgan fingerprint density at radius 2 is 1.79 bits per heavy atom. The molecule has 8 nitrogen and oxygen atoms in total. The number of carboxylic acids is 1. The Labute approximate surface area is 198 Å². The zero-order valence-corrected chi connectivity index (χ0v) is 18.8. The smallest absolute Gasteiger partial charge is 0.308 e. The number of anilines is 1. The van der Waals surface area contributed by atoms with Crippen LogP contribution in [0.5, 0.6) is 23.0 Å². The van der Waals surface area contributed by atoms with Crippen molar-refractivity contribution in [1.29, 1.82) is 0 Å². The molecule has 5 rings (SSSR count). The molecule has 8 heteroatoms. The van der Waals surface area contributed by atoms with Gasteiger partial charge in [-0.15, -0.1) is 0 Å². The van der Waals surface area contributed by atoms with Gasteiger partial charge in [-0.25, -0.2) is 4.98 Å². The number of ether oxygens (including phenoxy) is 3. The van der Waals surface area contributed by atoms with Crippen molar-refractivity contribution in [3.63, 3.8) is 0 Å². The first-order valence-electron chi connectivity index (χ1n) is 11.4. The summed E-state index contributed by atoms with van der Waals surface area (Å²) in [6.45, 7) is 3.03. The van der Waals surface area contributed by atoms with Crippen molar-refractivity contribution in [3.8, 4) is 23.0 Å². The first kappa shape index (κ1) is 22.0. The van der Waals surface area contributed by atoms with Crippen LogP contribution >= 0.6 is 0 Å². The molecule has 34 heavy (non-hydrogen) atoms. The van der Waals surface area contributed by atoms with Crippen LogP contribution in [0.15, 0.2) is 60.8 Å². The van der Waals surface area contributed by atoms with E-state index in [1.807, 2.05) is 60.8 Å². The third-order valence-electron chi connectivity index (χ3n) is 6.07. The van der Waals surface area contributed by atoms with Gasteiger partial charge < -0.3 is 29.5 Å². The molecule has 0 bridgehead atoms. The van der Waals surface area contributed by atoms with Crippen LogP contribution in [0.25, 0.3) is 0 Å². The Morgan fingerprint density at radius 1 is 1.03 bits per heavy atom. The second-order valence-corrected chi connectivity index (χ2v) is 8.51. The van der Waals surface area contributed by atoms with E-state index in [1.165, 1.54) is 0 Å². The van der Waals surface area contributed by atoms with Crippen molar-refractivity contribution in [3.05, 3.63) is 71.9 Å². The Kier molecular flexibility index (Phi) is 6.49. The summed E-state index contributed by atoms with van der Waals surface area (Å²) < 4.78 is 16.6. The lowest BCUT2D eigenvalue weighted by Gasteiger charge is -2.31. The SMILES string of the molecule is O=C(O)C1CCCN(c2ccc(CNCc3ccc(Oc4ccc5c(c4)OCO5)cc3)cn2)C1. The quantitative estimate of drug-likeness (QED) is 0.516. The highest BCUT2D eigenvalue weighted by Gasteiger charge is 2.26. The lowest BCUT2D eigenvalue weighted by Crippen LogP contribution is -2.39. The van der Waals surface area contributed by atoms with Crippen molar-refractivity contribution in [2.75, 3.05) is 24.8 Å². The molecular weight excluding hydrogens is 434 g/mol. The molecule has 3 heterocycles. The number of nitrogens with zero attached hydrogens (tertiary/aromatic N) is 2. The summed E-state index contributed by atoms with van der Waals surface area (Å²) >= 11 is 0. The van der Waals surface area contributed by atoms with Crippen LogP contribution in [0.1, 0.15) is 24.0 Å². The first-order chi connectivity index (χ1) is 16.6. The van der Waals surface area contributed by atoms with Gasteiger partial charge in [-0.3, -0.25) is 4.79 Å². The number of carboxylic acid groups (broad SMARTS) is 1. The van der Waals surface area contributed by atoms with E-state index in [2.05, 4.69) is 15.2 Å². The molecule has 176 valence electrons. The second-order valence-electron chi connectivity index (χ2n) is 8.51. The predicted octanol–water partition coefficient (Wildman–Crippen LogP) is 4.19. The monoisotopic (exact) mass is 461 g/mol. The molecule has 2 aliphatic heterocycles. The van der Waals surface area contributed by atoms with Crippen molar-refractivity contribution < 1.29 is 24.1 Å². The minimum Gasteiger partial charge on any atom is -0.481 e. The molecule has 2 aromatic carbocycles. The fourth-order valence-electron chi connectivity index (χ4n) is 4.20. The Morgan fingerprint density at radius 3 is 2.59 bits per heavy atom. The van der Waals surface area contributed by atoms with E-state index in [4.69, 9.17) is 14.2 Å². The molecule has 3 aromatic rings. The normalized spacial score (nSPS) is 16.9. The molecule has 1 fully saturated rings. The number of aromatic nitrogens is 1. The van der Waals surface area contributed by atoms with Crippen LogP contribution in [0.4, 0.5) is 5.82 Å². The highest BCUT2D eigenvalue weighted by molar-refractivity contribution is 5.71. The number of hydrogen-bond donors (Lipinski definition) is 2. The van der Waals surface area contributed by atoms with Crippen LogP contribution in [-0.4, -0.2) is 35.9 Å². The van der Waals surface area contributed by atoms with E-state index in [0.29, 0.717) is 24.6 Å². The summed E-state index contributed by atoms with van der Waals surface area (Å²) in [7, 11) is 0. The molecule has 0 radical (unpaired) electrons. The van der Waals surface area contributed by atoms with Gasteiger partial charge in [0.05, 0.1) is 5.92 Å². The van der Waals surface area contributed by atoms with E-state index in [9.17, 15) is 9.90 Å². The van der Waals surface area contributed by atoms with E-state index in [1.54, 1.807) is 0 Å². The van der Waals surface area contributed by atoms with Gasteiger partial charge in [-0.1, -0.05) is 18.2 Å². The topological polar surface area (TPSA) is 93.2 Å². The van der Waals surface area contributed by atoms with Gasteiger partial charge in [0.15, 0.2) is 11.5 Å². The summed E-state index contributed by atoms with van der Waals surface area (Å²) in [5.41, 5.74) is 2.23. The van der Waals surface area contributed by atoms with Crippen molar-refractivity contribution >= 4 is 11.8 Å². The van der Waals surface area contributed by atoms with Crippen LogP contribution in [0.2, 0.25) is 0 Å². The van der Waals surface area contributed by atoms with Crippen LogP contribution in [-0.2, 0) is 17.9 Å². The minimum atomic E-state index is -0.724. The largest absolute Gasteiger partial charge is 0.481 e. The molecule has 2 N–H and O–H groups in total. The van der Waals surface area contributed by atoms with Crippen LogP contribution in [0.3, 0.4) is 0 Å². The van der Waals surface area contributed by atoms with Gasteiger partial charge in [0, 0.05) is 38.4 Å². The van der Waals surface area contributed by atoms with Crippen molar-refractivity contribution in [1.82, 2.24) is 10.3 Å². The predicted molar refractivity (Wildman–Crippen MR) is 126 cm³/mol. The van der Waals surface area contributed by atoms with Gasteiger partial charge in [-0.2, -0.15) is 0 Å². The number of benzene rings is 2. The van der Waals surface area contributed by atoms with Gasteiger partial charge >= 0.3 is 5.97 Å². The standard InChI is InChI=1S/C26H27N3O5/c30-26(31)20-2-1-11-29(16-20)25-10-5-19(15-28-25)14-27-13-18-3-6-21(7-4-18)34-22-8-9-23-24(12-22)33-17-32-23/h3-10,12,15,20,27H,1-2,11,13-14,16-17H2,(H,30,31). The maximum atomic E-state index is 11.3. The average Bonchev–Trinajstić information content (AvgIpc) is 3.34. The van der Waals surface area contributed by atoms with E-state index >= 15 is 0 Å². The summed E-state index contributed by atoms with van der Waals surface area (Å²) in [6, 6.07) is 17.5. The number of carbonyl (C=O) groups is 1. The number of hydrogen-bond acceptors (Lipinski definition) is 7. The first-order valence-corrected chi connectivity index (χ1v) is 11.4. The molecule has 0 saturated carbocycles. The summed E-state index contributed by atoms with van der Waals surface area (Å²) in [4.78, 5) is 17.9. The van der Waals surface area contributed by atoms with Gasteiger partial charge in [0.25, 0.3) is 0 Å². The fraction of sp³-hybridized carbons (Fsp3) is 0.308. The molecule has 1 aromatic heterocycles. The number of piperidine rings is 1. The third-order valence-corrected chi connectivity index (χ3v) is 6.07. The van der Waals surface area contributed by atoms with Crippen LogP contribution < -0.4 is 24.4 Å². The van der Waals surface area contributed by atoms with Crippen molar-refractivity contribution in [2.24, 2.45) is 5.92 Å². The molecule has 1 unspecified atom stereocenters. The number of pyridine rings is 1. The lowest BCUT2D eigenvalue weighted by molar-refractivity contribution is -0.141. The number of aliphatic carboxylic acids is 1. The molecule has 0 amide bonds. The Hall–Kier alpha value is -3.78. The molecular formula is C26H27N3O5. The zero-order valence-electron chi connectivity index (χ0n) is 18.8. The highest BCUT2D eigenvalue weighted by atomic mass is 16.7. The molecule has 1 saturated heterocycles. The van der Waals surface area contributed by atoms with E-state index in [0.717, 1.165) is 54.4 Å². The zero-order chi connectivity index (χ0) is 23.3. The number of fused-ring (bicyclic) bond motifs is 1. The second kappa shape index (κ2) is 10.0. The van der Waals surface area contributed by atoms with Gasteiger partial charge in [0.2, 0.25) is 6.79 Å². The summed E-state index contributed by atoms with van der Waals surface area (Å²) in [5, 5.41) is 12.7. The minimum absolute atomic E-state index is 0.242. The van der Waals surface area contributed by atoms with Crippen LogP contribution in [0, 0.1) is 5.92 Å². The maximum absolute atomic E-state index is 11.3. The van der Waals surface area contributed by atoms with Crippen molar-refractivity contribution in [2.45, 2.75) is 25.9 Å². The fourth-order valence-corrected chi connectivity index (χ4v) is 4.20. The Balaban J connectivity index is 1.09. The molecule has 2 aliphatic rings. The number of nitrogens with one attached hydrogen (secondary N) is 1. The highest BCUT2D eigenvalue weighted by Crippen LogP contribution is 2.36. The van der Waals surface area contributed by atoms with Gasteiger partial charge in [-0.05, 0) is 54.3 Å². The van der Waals surface area contributed by atoms with Gasteiger partial charge in [0.1, 0.15) is 17.3 Å². The molecule has 0 aliphatic carbocycles. The Bertz CT molecular complexity index is 1130.